The van der Waals surface area contributed by atoms with Gasteiger partial charge in [0, 0.05) is 32.0 Å². The Morgan fingerprint density at radius 1 is 1.22 bits per heavy atom. The molecule has 1 spiro atoms. The maximum absolute atomic E-state index is 13.0. The Balaban J connectivity index is 1.69. The average Bonchev–Trinajstić information content (AvgIpc) is 2.84. The van der Waals surface area contributed by atoms with E-state index < -0.39 is 5.54 Å². The number of carbonyl (C=O) groups excluding carboxylic acids is 3. The first-order valence-corrected chi connectivity index (χ1v) is 9.60. The van der Waals surface area contributed by atoms with Crippen molar-refractivity contribution in [3.8, 4) is 0 Å². The van der Waals surface area contributed by atoms with Crippen LogP contribution in [0.2, 0.25) is 0 Å². The molecule has 4 amide bonds. The molecule has 0 aromatic heterocycles. The molecule has 1 heterocycles. The fourth-order valence-electron chi connectivity index (χ4n) is 4.02. The van der Waals surface area contributed by atoms with Gasteiger partial charge >= 0.3 is 6.03 Å². The van der Waals surface area contributed by atoms with E-state index in [4.69, 9.17) is 0 Å². The van der Waals surface area contributed by atoms with Crippen LogP contribution in [0.4, 0.5) is 16.2 Å². The standard InChI is InChI=1S/C20H28N4O3/c1-4-22(2)16-10-8-9-15(13-16)21-17(25)14-24-18(26)20(23(3)19(24)27)11-6-5-7-12-20/h8-10,13H,4-7,11-12,14H2,1-3H3,(H,21,25). The molecule has 1 aromatic rings. The molecular formula is C20H28N4O3. The largest absolute Gasteiger partial charge is 0.375 e. The zero-order valence-electron chi connectivity index (χ0n) is 16.3. The normalized spacial score (nSPS) is 18.9. The van der Waals surface area contributed by atoms with Crippen LogP contribution in [0.5, 0.6) is 0 Å². The van der Waals surface area contributed by atoms with Crippen LogP contribution in [0.25, 0.3) is 0 Å². The number of urea groups is 1. The molecule has 0 radical (unpaired) electrons. The fourth-order valence-corrected chi connectivity index (χ4v) is 4.02. The number of carbonyl (C=O) groups is 3. The number of benzene rings is 1. The lowest BCUT2D eigenvalue weighted by molar-refractivity contribution is -0.136. The molecular weight excluding hydrogens is 344 g/mol. The first kappa shape index (κ1) is 19.2. The van der Waals surface area contributed by atoms with E-state index in [2.05, 4.69) is 10.2 Å². The Hall–Kier alpha value is -2.57. The number of likely N-dealkylation sites (N-methyl/N-ethyl adjacent to an activating group) is 1. The summed E-state index contributed by atoms with van der Waals surface area (Å²) in [5, 5.41) is 2.81. The van der Waals surface area contributed by atoms with Crippen molar-refractivity contribution in [1.29, 1.82) is 0 Å². The molecule has 1 aromatic carbocycles. The third kappa shape index (κ3) is 3.50. The van der Waals surface area contributed by atoms with Crippen LogP contribution in [0.15, 0.2) is 24.3 Å². The van der Waals surface area contributed by atoms with E-state index in [-0.39, 0.29) is 24.4 Å². The molecule has 1 N–H and O–H groups in total. The molecule has 2 aliphatic rings. The van der Waals surface area contributed by atoms with E-state index >= 15 is 0 Å². The van der Waals surface area contributed by atoms with Gasteiger partial charge in [0.1, 0.15) is 12.1 Å². The van der Waals surface area contributed by atoms with Gasteiger partial charge in [-0.15, -0.1) is 0 Å². The van der Waals surface area contributed by atoms with Gasteiger partial charge in [-0.1, -0.05) is 25.3 Å². The van der Waals surface area contributed by atoms with Crippen LogP contribution in [0, 0.1) is 0 Å². The third-order valence-electron chi connectivity index (χ3n) is 5.83. The van der Waals surface area contributed by atoms with Gasteiger partial charge in [-0.2, -0.15) is 0 Å². The van der Waals surface area contributed by atoms with Gasteiger partial charge in [0.05, 0.1) is 0 Å². The highest BCUT2D eigenvalue weighted by Crippen LogP contribution is 2.39. The Kier molecular flexibility index (Phi) is 5.39. The molecule has 0 unspecified atom stereocenters. The topological polar surface area (TPSA) is 73.0 Å². The molecule has 146 valence electrons. The van der Waals surface area contributed by atoms with Crippen molar-refractivity contribution >= 4 is 29.2 Å². The summed E-state index contributed by atoms with van der Waals surface area (Å²) in [6, 6.07) is 7.14. The molecule has 1 saturated heterocycles. The monoisotopic (exact) mass is 372 g/mol. The van der Waals surface area contributed by atoms with Gasteiger partial charge < -0.3 is 15.1 Å². The minimum atomic E-state index is -0.751. The molecule has 2 fully saturated rings. The number of amides is 4. The molecule has 1 aliphatic carbocycles. The lowest BCUT2D eigenvalue weighted by Crippen LogP contribution is -2.49. The van der Waals surface area contributed by atoms with E-state index in [1.165, 1.54) is 0 Å². The maximum atomic E-state index is 13.0. The van der Waals surface area contributed by atoms with Gasteiger partial charge in [0.15, 0.2) is 0 Å². The van der Waals surface area contributed by atoms with Gasteiger partial charge in [-0.25, -0.2) is 4.79 Å². The van der Waals surface area contributed by atoms with Crippen LogP contribution >= 0.6 is 0 Å². The number of nitrogens with one attached hydrogen (secondary N) is 1. The smallest absolute Gasteiger partial charge is 0.327 e. The summed E-state index contributed by atoms with van der Waals surface area (Å²) < 4.78 is 0. The number of anilines is 2. The second-order valence-electron chi connectivity index (χ2n) is 7.44. The summed E-state index contributed by atoms with van der Waals surface area (Å²) in [5.41, 5.74) is 0.890. The van der Waals surface area contributed by atoms with Crippen molar-refractivity contribution in [2.75, 3.05) is 37.4 Å². The highest BCUT2D eigenvalue weighted by atomic mass is 16.2. The predicted octanol–water partition coefficient (Wildman–Crippen LogP) is 2.68. The van der Waals surface area contributed by atoms with Crippen molar-refractivity contribution in [2.45, 2.75) is 44.6 Å². The summed E-state index contributed by atoms with van der Waals surface area (Å²) in [6.45, 7) is 2.65. The van der Waals surface area contributed by atoms with Crippen molar-refractivity contribution in [2.24, 2.45) is 0 Å². The van der Waals surface area contributed by atoms with Gasteiger partial charge in [-0.05, 0) is 38.0 Å². The number of hydrogen-bond acceptors (Lipinski definition) is 4. The molecule has 7 nitrogen and oxygen atoms in total. The molecule has 27 heavy (non-hydrogen) atoms. The van der Waals surface area contributed by atoms with E-state index in [0.717, 1.165) is 36.4 Å². The SMILES string of the molecule is CCN(C)c1cccc(NC(=O)CN2C(=O)N(C)C3(CCCCC3)C2=O)c1. The first-order chi connectivity index (χ1) is 12.9. The number of hydrogen-bond donors (Lipinski definition) is 1. The van der Waals surface area contributed by atoms with Crippen LogP contribution in [-0.2, 0) is 9.59 Å². The van der Waals surface area contributed by atoms with Crippen molar-refractivity contribution in [3.05, 3.63) is 24.3 Å². The van der Waals surface area contributed by atoms with Crippen LogP contribution in [0.3, 0.4) is 0 Å². The van der Waals surface area contributed by atoms with Gasteiger partial charge in [0.25, 0.3) is 5.91 Å². The summed E-state index contributed by atoms with van der Waals surface area (Å²) in [7, 11) is 3.65. The molecule has 0 bridgehead atoms. The van der Waals surface area contributed by atoms with Crippen molar-refractivity contribution in [3.63, 3.8) is 0 Å². The second-order valence-corrected chi connectivity index (χ2v) is 7.44. The highest BCUT2D eigenvalue weighted by molar-refractivity contribution is 6.10. The zero-order valence-corrected chi connectivity index (χ0v) is 16.3. The fraction of sp³-hybridized carbons (Fsp3) is 0.550. The zero-order chi connectivity index (χ0) is 19.6. The Labute approximate surface area is 160 Å². The van der Waals surface area contributed by atoms with E-state index in [9.17, 15) is 14.4 Å². The minimum Gasteiger partial charge on any atom is -0.375 e. The van der Waals surface area contributed by atoms with E-state index in [1.807, 2.05) is 32.2 Å². The summed E-state index contributed by atoms with van der Waals surface area (Å²) >= 11 is 0. The maximum Gasteiger partial charge on any atom is 0.327 e. The highest BCUT2D eigenvalue weighted by Gasteiger charge is 2.55. The quantitative estimate of drug-likeness (QED) is 0.807. The van der Waals surface area contributed by atoms with Crippen LogP contribution < -0.4 is 10.2 Å². The lowest BCUT2D eigenvalue weighted by atomic mass is 9.81. The number of nitrogens with zero attached hydrogens (tertiary/aromatic N) is 3. The van der Waals surface area contributed by atoms with Gasteiger partial charge in [0.2, 0.25) is 5.91 Å². The third-order valence-corrected chi connectivity index (χ3v) is 5.83. The first-order valence-electron chi connectivity index (χ1n) is 9.60. The van der Waals surface area contributed by atoms with Gasteiger partial charge in [-0.3, -0.25) is 14.5 Å². The van der Waals surface area contributed by atoms with Crippen molar-refractivity contribution < 1.29 is 14.4 Å². The molecule has 7 heteroatoms. The Morgan fingerprint density at radius 2 is 1.93 bits per heavy atom. The van der Waals surface area contributed by atoms with Crippen molar-refractivity contribution in [1.82, 2.24) is 9.80 Å². The average molecular weight is 372 g/mol. The minimum absolute atomic E-state index is 0.232. The molecule has 3 rings (SSSR count). The molecule has 0 atom stereocenters. The summed E-state index contributed by atoms with van der Waals surface area (Å²) in [6.07, 6.45) is 4.30. The molecule has 1 aliphatic heterocycles. The van der Waals surface area contributed by atoms with E-state index in [0.29, 0.717) is 18.5 Å². The second kappa shape index (κ2) is 7.58. The van der Waals surface area contributed by atoms with E-state index in [1.54, 1.807) is 18.0 Å². The Bertz CT molecular complexity index is 742. The van der Waals surface area contributed by atoms with Crippen LogP contribution in [0.1, 0.15) is 39.0 Å². The number of rotatable bonds is 5. The number of imide groups is 1. The lowest BCUT2D eigenvalue weighted by Gasteiger charge is -2.35. The predicted molar refractivity (Wildman–Crippen MR) is 105 cm³/mol. The summed E-state index contributed by atoms with van der Waals surface area (Å²) in [4.78, 5) is 42.8. The summed E-state index contributed by atoms with van der Waals surface area (Å²) in [5.74, 6) is -0.599. The Morgan fingerprint density at radius 3 is 2.59 bits per heavy atom. The molecule has 1 saturated carbocycles. The van der Waals surface area contributed by atoms with Crippen LogP contribution in [-0.4, -0.2) is 60.4 Å².